The second kappa shape index (κ2) is 8.13. The van der Waals surface area contributed by atoms with Crippen LogP contribution < -0.4 is 10.6 Å². The fourth-order valence-corrected chi connectivity index (χ4v) is 2.22. The number of amides is 1. The predicted octanol–water partition coefficient (Wildman–Crippen LogP) is 5.47. The quantitative estimate of drug-likeness (QED) is 0.529. The minimum atomic E-state index is -4.62. The normalized spacial score (nSPS) is 11.6. The Morgan fingerprint density at radius 2 is 1.69 bits per heavy atom. The van der Waals surface area contributed by atoms with Crippen molar-refractivity contribution in [2.45, 2.75) is 6.18 Å². The van der Waals surface area contributed by atoms with Crippen LogP contribution in [0.3, 0.4) is 0 Å². The van der Waals surface area contributed by atoms with Gasteiger partial charge in [0.25, 0.3) is 5.91 Å². The van der Waals surface area contributed by atoms with Crippen molar-refractivity contribution in [3.05, 3.63) is 69.8 Å². The lowest BCUT2D eigenvalue weighted by molar-refractivity contribution is -0.137. The summed E-state index contributed by atoms with van der Waals surface area (Å²) in [4.78, 5) is 12.1. The molecule has 2 aromatic carbocycles. The van der Waals surface area contributed by atoms with Crippen molar-refractivity contribution in [2.75, 3.05) is 10.6 Å². The Labute approximate surface area is 156 Å². The highest BCUT2D eigenvalue weighted by Crippen LogP contribution is 2.36. The number of nitrogens with zero attached hydrogens (tertiary/aromatic N) is 1. The van der Waals surface area contributed by atoms with E-state index in [0.717, 1.165) is 18.3 Å². The fourth-order valence-electron chi connectivity index (χ4n) is 1.87. The number of hydrogen-bond acceptors (Lipinski definition) is 3. The molecule has 134 valence electrons. The minimum absolute atomic E-state index is 0.0220. The highest BCUT2D eigenvalue weighted by atomic mass is 35.5. The molecule has 0 spiro atoms. The summed E-state index contributed by atoms with van der Waals surface area (Å²) in [6, 6.07) is 11.0. The van der Waals surface area contributed by atoms with Crippen molar-refractivity contribution in [3.63, 3.8) is 0 Å². The van der Waals surface area contributed by atoms with E-state index >= 15 is 0 Å². The number of carbonyl (C=O) groups is 1. The lowest BCUT2D eigenvalue weighted by Gasteiger charge is -2.11. The van der Waals surface area contributed by atoms with Crippen LogP contribution in [0.25, 0.3) is 0 Å². The van der Waals surface area contributed by atoms with Crippen LogP contribution in [-0.2, 0) is 11.0 Å². The summed E-state index contributed by atoms with van der Waals surface area (Å²) in [5, 5.41) is 14.1. The third-order valence-corrected chi connectivity index (χ3v) is 3.70. The topological polar surface area (TPSA) is 64.9 Å². The van der Waals surface area contributed by atoms with Gasteiger partial charge in [0.15, 0.2) is 0 Å². The molecule has 0 saturated heterocycles. The Bertz CT molecular complexity index is 888. The summed E-state index contributed by atoms with van der Waals surface area (Å²) in [6.07, 6.45) is -3.61. The van der Waals surface area contributed by atoms with E-state index in [1.165, 1.54) is 18.2 Å². The average Bonchev–Trinajstić information content (AvgIpc) is 2.58. The molecule has 0 aliphatic heterocycles. The molecule has 0 aliphatic rings. The maximum absolute atomic E-state index is 12.8. The highest BCUT2D eigenvalue weighted by molar-refractivity contribution is 6.31. The van der Waals surface area contributed by atoms with Crippen molar-refractivity contribution in [2.24, 2.45) is 0 Å². The summed E-state index contributed by atoms with van der Waals surface area (Å²) in [7, 11) is 0. The first-order valence-corrected chi connectivity index (χ1v) is 7.77. The van der Waals surface area contributed by atoms with E-state index < -0.39 is 22.7 Å². The largest absolute Gasteiger partial charge is 0.417 e. The molecule has 1 amide bonds. The number of carbonyl (C=O) groups excluding carboxylic acids is 1. The monoisotopic (exact) mass is 399 g/mol. The number of anilines is 2. The molecule has 0 bridgehead atoms. The lowest BCUT2D eigenvalue weighted by Crippen LogP contribution is -2.14. The van der Waals surface area contributed by atoms with Crippen LogP contribution in [0.15, 0.2) is 54.2 Å². The number of halogens is 5. The average molecular weight is 400 g/mol. The van der Waals surface area contributed by atoms with Gasteiger partial charge in [-0.2, -0.15) is 18.4 Å². The molecular formula is C17H10Cl2F3N3O. The van der Waals surface area contributed by atoms with Gasteiger partial charge in [0.05, 0.1) is 10.6 Å². The highest BCUT2D eigenvalue weighted by Gasteiger charge is 2.33. The second-order valence-electron chi connectivity index (χ2n) is 4.97. The van der Waals surface area contributed by atoms with Gasteiger partial charge in [0, 0.05) is 22.6 Å². The molecule has 4 nitrogen and oxygen atoms in total. The van der Waals surface area contributed by atoms with Gasteiger partial charge in [-0.1, -0.05) is 23.2 Å². The Balaban J connectivity index is 2.15. The molecule has 0 heterocycles. The van der Waals surface area contributed by atoms with Crippen molar-refractivity contribution in [3.8, 4) is 6.07 Å². The first-order valence-electron chi connectivity index (χ1n) is 7.01. The number of benzene rings is 2. The van der Waals surface area contributed by atoms with Crippen LogP contribution in [0, 0.1) is 11.3 Å². The molecule has 0 radical (unpaired) electrons. The molecule has 2 N–H and O–H groups in total. The van der Waals surface area contributed by atoms with Crippen molar-refractivity contribution in [1.82, 2.24) is 0 Å². The van der Waals surface area contributed by atoms with Gasteiger partial charge >= 0.3 is 6.18 Å². The number of nitrogens with one attached hydrogen (secondary N) is 2. The zero-order chi connectivity index (χ0) is 19.3. The third-order valence-electron chi connectivity index (χ3n) is 3.12. The van der Waals surface area contributed by atoms with Gasteiger partial charge in [0.1, 0.15) is 11.6 Å². The van der Waals surface area contributed by atoms with Crippen LogP contribution in [0.5, 0.6) is 0 Å². The first-order chi connectivity index (χ1) is 12.2. The number of nitriles is 1. The van der Waals surface area contributed by atoms with Crippen LogP contribution in [0.1, 0.15) is 5.56 Å². The molecule has 9 heteroatoms. The summed E-state index contributed by atoms with van der Waals surface area (Å²) in [5.74, 6) is -0.729. The molecule has 0 aromatic heterocycles. The van der Waals surface area contributed by atoms with Crippen LogP contribution in [0.4, 0.5) is 24.5 Å². The van der Waals surface area contributed by atoms with Crippen LogP contribution >= 0.6 is 23.2 Å². The van der Waals surface area contributed by atoms with Gasteiger partial charge in [-0.15, -0.1) is 0 Å². The molecule has 0 atom stereocenters. The van der Waals surface area contributed by atoms with Crippen LogP contribution in [-0.4, -0.2) is 5.91 Å². The van der Waals surface area contributed by atoms with Crippen LogP contribution in [0.2, 0.25) is 10.0 Å². The number of hydrogen-bond donors (Lipinski definition) is 2. The van der Waals surface area contributed by atoms with Gasteiger partial charge in [0.2, 0.25) is 0 Å². The van der Waals surface area contributed by atoms with Gasteiger partial charge in [-0.25, -0.2) is 0 Å². The first kappa shape index (κ1) is 19.6. The summed E-state index contributed by atoms with van der Waals surface area (Å²) < 4.78 is 38.5. The van der Waals surface area contributed by atoms with Crippen molar-refractivity contribution < 1.29 is 18.0 Å². The van der Waals surface area contributed by atoms with Crippen molar-refractivity contribution >= 4 is 40.5 Å². The Morgan fingerprint density at radius 1 is 1.08 bits per heavy atom. The maximum atomic E-state index is 12.8. The summed E-state index contributed by atoms with van der Waals surface area (Å²) in [6.45, 7) is 0. The Kier molecular flexibility index (Phi) is 6.14. The molecule has 0 aliphatic carbocycles. The van der Waals surface area contributed by atoms with Crippen molar-refractivity contribution in [1.29, 1.82) is 5.26 Å². The SMILES string of the molecule is N#C/C(=C/Nc1ccc(Cl)c(C(F)(F)F)c1)C(=O)Nc1ccc(Cl)cc1. The van der Waals surface area contributed by atoms with Gasteiger partial charge in [-0.3, -0.25) is 4.79 Å². The number of rotatable bonds is 4. The van der Waals surface area contributed by atoms with E-state index in [0.29, 0.717) is 10.7 Å². The summed E-state index contributed by atoms with van der Waals surface area (Å²) >= 11 is 11.3. The molecule has 26 heavy (non-hydrogen) atoms. The summed E-state index contributed by atoms with van der Waals surface area (Å²) in [5.41, 5.74) is -0.926. The molecular weight excluding hydrogens is 390 g/mol. The van der Waals surface area contributed by atoms with E-state index in [1.54, 1.807) is 18.2 Å². The standard InChI is InChI=1S/C17H10Cl2F3N3O/c18-11-1-3-12(4-2-11)25-16(26)10(8-23)9-24-13-5-6-15(19)14(7-13)17(20,21)22/h1-7,9,24H,(H,25,26)/b10-9-. The molecule has 2 aromatic rings. The van der Waals surface area contributed by atoms with E-state index in [4.69, 9.17) is 28.5 Å². The predicted molar refractivity (Wildman–Crippen MR) is 93.9 cm³/mol. The number of alkyl halides is 3. The maximum Gasteiger partial charge on any atom is 0.417 e. The fraction of sp³-hybridized carbons (Fsp3) is 0.0588. The van der Waals surface area contributed by atoms with E-state index in [2.05, 4.69) is 10.6 Å². The Hall–Kier alpha value is -2.69. The third kappa shape index (κ3) is 5.15. The van der Waals surface area contributed by atoms with E-state index in [1.807, 2.05) is 0 Å². The molecule has 0 fully saturated rings. The smallest absolute Gasteiger partial charge is 0.360 e. The second-order valence-corrected chi connectivity index (χ2v) is 5.81. The lowest BCUT2D eigenvalue weighted by atomic mass is 10.2. The zero-order valence-corrected chi connectivity index (χ0v) is 14.4. The zero-order valence-electron chi connectivity index (χ0n) is 12.9. The molecule has 0 unspecified atom stereocenters. The van der Waals surface area contributed by atoms with Gasteiger partial charge in [-0.05, 0) is 42.5 Å². The van der Waals surface area contributed by atoms with Gasteiger partial charge < -0.3 is 10.6 Å². The minimum Gasteiger partial charge on any atom is -0.360 e. The van der Waals surface area contributed by atoms with E-state index in [-0.39, 0.29) is 11.3 Å². The Morgan fingerprint density at radius 3 is 2.27 bits per heavy atom. The molecule has 2 rings (SSSR count). The molecule has 0 saturated carbocycles. The van der Waals surface area contributed by atoms with E-state index in [9.17, 15) is 18.0 Å².